The fourth-order valence-corrected chi connectivity index (χ4v) is 3.09. The molecule has 0 N–H and O–H groups in total. The molecule has 118 valence electrons. The molecule has 0 radical (unpaired) electrons. The molecule has 0 saturated heterocycles. The third-order valence-electron chi connectivity index (χ3n) is 4.62. The number of rotatable bonds is 7. The van der Waals surface area contributed by atoms with Gasteiger partial charge in [0.25, 0.3) is 0 Å². The third kappa shape index (κ3) is 3.26. The molecule has 0 amide bonds. The molecule has 1 rings (SSSR count). The van der Waals surface area contributed by atoms with Crippen molar-refractivity contribution in [2.24, 2.45) is 0 Å². The zero-order valence-corrected chi connectivity index (χ0v) is 14.4. The molecule has 0 aliphatic carbocycles. The van der Waals surface area contributed by atoms with Crippen molar-refractivity contribution in [3.05, 3.63) is 23.0 Å². The van der Waals surface area contributed by atoms with Gasteiger partial charge in [-0.1, -0.05) is 13.8 Å². The first-order chi connectivity index (χ1) is 9.83. The lowest BCUT2D eigenvalue weighted by molar-refractivity contribution is -0.129. The van der Waals surface area contributed by atoms with Crippen molar-refractivity contribution < 1.29 is 9.53 Å². The molecular formula is C17H28N2O2. The van der Waals surface area contributed by atoms with E-state index in [4.69, 9.17) is 4.74 Å². The van der Waals surface area contributed by atoms with Gasteiger partial charge in [0.2, 0.25) is 0 Å². The molecule has 0 atom stereocenters. The van der Waals surface area contributed by atoms with Gasteiger partial charge < -0.3 is 4.74 Å². The number of hydrogen-bond acceptors (Lipinski definition) is 4. The molecule has 0 saturated carbocycles. The van der Waals surface area contributed by atoms with Gasteiger partial charge in [0, 0.05) is 17.3 Å². The average Bonchev–Trinajstić information content (AvgIpc) is 2.44. The van der Waals surface area contributed by atoms with Gasteiger partial charge in [0.15, 0.2) is 5.78 Å². The van der Waals surface area contributed by atoms with Crippen LogP contribution >= 0.6 is 0 Å². The van der Waals surface area contributed by atoms with Crippen LogP contribution < -0.4 is 4.74 Å². The smallest absolute Gasteiger partial charge is 0.158 e. The van der Waals surface area contributed by atoms with Crippen LogP contribution in [0.15, 0.2) is 6.20 Å². The maximum atomic E-state index is 12.9. The van der Waals surface area contributed by atoms with Crippen molar-refractivity contribution in [3.8, 4) is 5.75 Å². The Kier molecular flexibility index (Phi) is 5.90. The molecule has 0 aliphatic heterocycles. The highest BCUT2D eigenvalue weighted by molar-refractivity contribution is 5.90. The monoisotopic (exact) mass is 292 g/mol. The van der Waals surface area contributed by atoms with E-state index in [1.807, 2.05) is 32.8 Å². The summed E-state index contributed by atoms with van der Waals surface area (Å²) in [6, 6.07) is 0. The Bertz CT molecular complexity index is 506. The summed E-state index contributed by atoms with van der Waals surface area (Å²) in [6.07, 6.45) is 3.74. The molecular weight excluding hydrogens is 264 g/mol. The number of aromatic nitrogens is 1. The van der Waals surface area contributed by atoms with E-state index in [-0.39, 0.29) is 5.78 Å². The summed E-state index contributed by atoms with van der Waals surface area (Å²) in [6.45, 7) is 8.07. The zero-order chi connectivity index (χ0) is 16.2. The molecule has 4 heteroatoms. The number of likely N-dealkylation sites (N-methyl/N-ethyl adjacent to an activating group) is 1. The minimum atomic E-state index is -0.410. The second-order valence-corrected chi connectivity index (χ2v) is 5.78. The van der Waals surface area contributed by atoms with Crippen molar-refractivity contribution in [2.75, 3.05) is 21.2 Å². The van der Waals surface area contributed by atoms with Crippen LogP contribution in [0.3, 0.4) is 0 Å². The fraction of sp³-hybridized carbons (Fsp3) is 0.647. The largest absolute Gasteiger partial charge is 0.496 e. The number of hydrogen-bond donors (Lipinski definition) is 0. The SMILES string of the molecule is CCC(CC)(C(=O)Cc1ncc(C)c(OC)c1C)N(C)C. The quantitative estimate of drug-likeness (QED) is 0.775. The fourth-order valence-electron chi connectivity index (χ4n) is 3.09. The van der Waals surface area contributed by atoms with Crippen molar-refractivity contribution in [2.45, 2.75) is 52.5 Å². The van der Waals surface area contributed by atoms with Gasteiger partial charge in [-0.25, -0.2) is 0 Å². The predicted octanol–water partition coefficient (Wildman–Crippen LogP) is 2.94. The van der Waals surface area contributed by atoms with Gasteiger partial charge in [-0.2, -0.15) is 0 Å². The van der Waals surface area contributed by atoms with E-state index in [1.54, 1.807) is 13.3 Å². The molecule has 4 nitrogen and oxygen atoms in total. The molecule has 0 aromatic carbocycles. The van der Waals surface area contributed by atoms with E-state index in [0.717, 1.165) is 35.4 Å². The second-order valence-electron chi connectivity index (χ2n) is 5.78. The van der Waals surface area contributed by atoms with Crippen LogP contribution in [-0.4, -0.2) is 42.4 Å². The topological polar surface area (TPSA) is 42.4 Å². The van der Waals surface area contributed by atoms with E-state index in [1.165, 1.54) is 0 Å². The number of aryl methyl sites for hydroxylation is 1. The van der Waals surface area contributed by atoms with Crippen molar-refractivity contribution in [3.63, 3.8) is 0 Å². The number of nitrogens with zero attached hydrogens (tertiary/aromatic N) is 2. The van der Waals surface area contributed by atoms with Crippen LogP contribution in [0, 0.1) is 13.8 Å². The first-order valence-electron chi connectivity index (χ1n) is 7.53. The lowest BCUT2D eigenvalue weighted by Gasteiger charge is -2.37. The minimum absolute atomic E-state index is 0.221. The molecule has 21 heavy (non-hydrogen) atoms. The zero-order valence-electron chi connectivity index (χ0n) is 14.4. The second kappa shape index (κ2) is 7.03. The molecule has 0 fully saturated rings. The summed E-state index contributed by atoms with van der Waals surface area (Å²) in [7, 11) is 5.60. The highest BCUT2D eigenvalue weighted by Crippen LogP contribution is 2.28. The number of carbonyl (C=O) groups excluding carboxylic acids is 1. The summed E-state index contributed by atoms with van der Waals surface area (Å²) in [5, 5.41) is 0. The van der Waals surface area contributed by atoms with Crippen LogP contribution in [0.4, 0.5) is 0 Å². The van der Waals surface area contributed by atoms with Crippen LogP contribution in [0.1, 0.15) is 43.5 Å². The Hall–Kier alpha value is -1.42. The Balaban J connectivity index is 3.14. The third-order valence-corrected chi connectivity index (χ3v) is 4.62. The Labute approximate surface area is 128 Å². The van der Waals surface area contributed by atoms with Gasteiger partial charge in [-0.15, -0.1) is 0 Å². The summed E-state index contributed by atoms with van der Waals surface area (Å²) in [5.41, 5.74) is 2.36. The van der Waals surface area contributed by atoms with Crippen LogP contribution in [0.2, 0.25) is 0 Å². The maximum absolute atomic E-state index is 12.9. The molecule has 0 spiro atoms. The van der Waals surface area contributed by atoms with Gasteiger partial charge in [0.05, 0.1) is 24.8 Å². The Morgan fingerprint density at radius 1 is 1.29 bits per heavy atom. The lowest BCUT2D eigenvalue weighted by atomic mass is 9.84. The van der Waals surface area contributed by atoms with E-state index in [2.05, 4.69) is 18.8 Å². The number of carbonyl (C=O) groups is 1. The molecule has 1 aromatic heterocycles. The molecule has 0 bridgehead atoms. The van der Waals surface area contributed by atoms with Gasteiger partial charge in [-0.05, 0) is 40.8 Å². The van der Waals surface area contributed by atoms with Crippen molar-refractivity contribution in [1.82, 2.24) is 9.88 Å². The first-order valence-corrected chi connectivity index (χ1v) is 7.53. The predicted molar refractivity (Wildman–Crippen MR) is 86.0 cm³/mol. The van der Waals surface area contributed by atoms with Gasteiger partial charge in [-0.3, -0.25) is 14.7 Å². The number of ether oxygens (including phenoxy) is 1. The molecule has 1 aromatic rings. The van der Waals surface area contributed by atoms with Crippen LogP contribution in [0.5, 0.6) is 5.75 Å². The molecule has 0 aliphatic rings. The van der Waals surface area contributed by atoms with Gasteiger partial charge in [0.1, 0.15) is 5.75 Å². The minimum Gasteiger partial charge on any atom is -0.496 e. The average molecular weight is 292 g/mol. The summed E-state index contributed by atoms with van der Waals surface area (Å²) in [5.74, 6) is 1.05. The van der Waals surface area contributed by atoms with E-state index >= 15 is 0 Å². The van der Waals surface area contributed by atoms with E-state index < -0.39 is 5.54 Å². The normalized spacial score (nSPS) is 11.8. The molecule has 0 unspecified atom stereocenters. The summed E-state index contributed by atoms with van der Waals surface area (Å²) < 4.78 is 5.42. The van der Waals surface area contributed by atoms with Crippen molar-refractivity contribution >= 4 is 5.78 Å². The van der Waals surface area contributed by atoms with E-state index in [9.17, 15) is 4.79 Å². The van der Waals surface area contributed by atoms with Gasteiger partial charge >= 0.3 is 0 Å². The number of Topliss-reactive ketones (excluding diaryl/α,β-unsaturated/α-hetero) is 1. The molecule has 1 heterocycles. The highest BCUT2D eigenvalue weighted by atomic mass is 16.5. The first kappa shape index (κ1) is 17.6. The lowest BCUT2D eigenvalue weighted by Crippen LogP contribution is -2.51. The highest BCUT2D eigenvalue weighted by Gasteiger charge is 2.37. The maximum Gasteiger partial charge on any atom is 0.158 e. The van der Waals surface area contributed by atoms with Crippen LogP contribution in [0.25, 0.3) is 0 Å². The number of pyridine rings is 1. The van der Waals surface area contributed by atoms with Crippen molar-refractivity contribution in [1.29, 1.82) is 0 Å². The standard InChI is InChI=1S/C17H28N2O2/c1-8-17(9-2,19(5)6)15(20)10-14-13(4)16(21-7)12(3)11-18-14/h11H,8-10H2,1-7H3. The number of methoxy groups -OCH3 is 1. The Morgan fingerprint density at radius 2 is 1.86 bits per heavy atom. The Morgan fingerprint density at radius 3 is 2.29 bits per heavy atom. The number of ketones is 1. The van der Waals surface area contributed by atoms with Crippen LogP contribution in [-0.2, 0) is 11.2 Å². The van der Waals surface area contributed by atoms with E-state index in [0.29, 0.717) is 6.42 Å². The summed E-state index contributed by atoms with van der Waals surface area (Å²) in [4.78, 5) is 19.3. The summed E-state index contributed by atoms with van der Waals surface area (Å²) >= 11 is 0.